The van der Waals surface area contributed by atoms with Crippen LogP contribution in [0.3, 0.4) is 0 Å². The lowest BCUT2D eigenvalue weighted by Crippen LogP contribution is -2.55. The van der Waals surface area contributed by atoms with Crippen LogP contribution in [0.1, 0.15) is 30.5 Å². The number of hydrogen-bond acceptors (Lipinski definition) is 8. The third kappa shape index (κ3) is 5.49. The fraction of sp³-hybridized carbons (Fsp3) is 0.438. The summed E-state index contributed by atoms with van der Waals surface area (Å²) in [6.45, 7) is 8.11. The van der Waals surface area contributed by atoms with Crippen LogP contribution in [0.2, 0.25) is 0 Å². The van der Waals surface area contributed by atoms with Gasteiger partial charge in [0.05, 0.1) is 30.8 Å². The van der Waals surface area contributed by atoms with E-state index < -0.39 is 0 Å². The maximum absolute atomic E-state index is 14.0. The highest BCUT2D eigenvalue weighted by atomic mass is 19.1. The molecular formula is C32H36FN7O2. The average Bonchev–Trinajstić information content (AvgIpc) is 3.42. The fourth-order valence-corrected chi connectivity index (χ4v) is 6.53. The van der Waals surface area contributed by atoms with E-state index >= 15 is 0 Å². The number of fused-ring (bicyclic) bond motifs is 2. The second kappa shape index (κ2) is 11.9. The number of anilines is 2. The average molecular weight is 570 g/mol. The van der Waals surface area contributed by atoms with E-state index in [4.69, 9.17) is 14.7 Å². The summed E-state index contributed by atoms with van der Waals surface area (Å²) in [6, 6.07) is 13.5. The molecule has 0 N–H and O–H groups in total. The molecule has 6 rings (SSSR count). The zero-order valence-corrected chi connectivity index (χ0v) is 24.0. The Kier molecular flexibility index (Phi) is 7.94. The summed E-state index contributed by atoms with van der Waals surface area (Å²) in [5.74, 6) is 0.415. The van der Waals surface area contributed by atoms with Crippen molar-refractivity contribution in [3.05, 3.63) is 66.1 Å². The number of carbonyl (C=O) groups excluding carboxylic acids is 1. The second-order valence-electron chi connectivity index (χ2n) is 11.4. The summed E-state index contributed by atoms with van der Waals surface area (Å²) in [5, 5.41) is 11.4. The number of hydrogen-bond donors (Lipinski definition) is 0. The van der Waals surface area contributed by atoms with Gasteiger partial charge in [-0.15, -0.1) is 0 Å². The number of amides is 1. The lowest BCUT2D eigenvalue weighted by molar-refractivity contribution is -0.128. The van der Waals surface area contributed by atoms with Crippen LogP contribution in [-0.4, -0.2) is 84.1 Å². The molecule has 10 heteroatoms. The molecule has 2 saturated heterocycles. The van der Waals surface area contributed by atoms with Crippen molar-refractivity contribution in [2.24, 2.45) is 0 Å². The Hall–Kier alpha value is -4.23. The summed E-state index contributed by atoms with van der Waals surface area (Å²) in [6.07, 6.45) is 4.51. The van der Waals surface area contributed by atoms with E-state index in [1.54, 1.807) is 11.0 Å². The first-order valence-electron chi connectivity index (χ1n) is 14.7. The minimum absolute atomic E-state index is 0.157. The summed E-state index contributed by atoms with van der Waals surface area (Å²) in [7, 11) is 2.12. The molecular weight excluding hydrogens is 533 g/mol. The van der Waals surface area contributed by atoms with Crippen molar-refractivity contribution in [3.8, 4) is 12.1 Å². The molecule has 1 aromatic heterocycles. The van der Waals surface area contributed by atoms with Crippen LogP contribution in [-0.2, 0) is 17.8 Å². The summed E-state index contributed by atoms with van der Waals surface area (Å²) < 4.78 is 20.2. The fourth-order valence-electron chi connectivity index (χ4n) is 6.53. The number of piperazine rings is 1. The number of carbonyl (C=O) groups is 1. The lowest BCUT2D eigenvalue weighted by atomic mass is 10.0. The van der Waals surface area contributed by atoms with Gasteiger partial charge in [-0.2, -0.15) is 15.2 Å². The molecule has 42 heavy (non-hydrogen) atoms. The minimum atomic E-state index is -0.257. The third-order valence-electron chi connectivity index (χ3n) is 8.83. The Labute approximate surface area is 245 Å². The number of likely N-dealkylation sites (N-methyl/N-ethyl adjacent to an activating group) is 1. The van der Waals surface area contributed by atoms with E-state index in [-0.39, 0.29) is 24.2 Å². The highest BCUT2D eigenvalue weighted by Gasteiger charge is 2.33. The van der Waals surface area contributed by atoms with Gasteiger partial charge < -0.3 is 24.3 Å². The SMILES string of the molecule is C=CC(=O)N1CCN(c2nc(OC[C@@H]3CCCN3C)nc3c2CCN(c2cccc4cc(F)ccc24)C3)CC1CC#N. The number of likely N-dealkylation sites (tertiary alicyclic amines) is 1. The van der Waals surface area contributed by atoms with E-state index in [0.717, 1.165) is 65.9 Å². The highest BCUT2D eigenvalue weighted by molar-refractivity contribution is 5.94. The Balaban J connectivity index is 1.33. The molecule has 9 nitrogen and oxygen atoms in total. The molecule has 2 fully saturated rings. The van der Waals surface area contributed by atoms with Crippen LogP contribution in [0.15, 0.2) is 49.1 Å². The molecule has 1 amide bonds. The zero-order chi connectivity index (χ0) is 29.2. The molecule has 1 unspecified atom stereocenters. The quantitative estimate of drug-likeness (QED) is 0.396. The van der Waals surface area contributed by atoms with Crippen molar-refractivity contribution in [3.63, 3.8) is 0 Å². The van der Waals surface area contributed by atoms with Crippen LogP contribution in [0, 0.1) is 17.1 Å². The molecule has 0 aliphatic carbocycles. The normalized spacial score (nSPS) is 20.8. The van der Waals surface area contributed by atoms with Crippen LogP contribution >= 0.6 is 0 Å². The Bertz CT molecular complexity index is 1540. The first kappa shape index (κ1) is 27.9. The van der Waals surface area contributed by atoms with Gasteiger partial charge in [0.15, 0.2) is 0 Å². The maximum atomic E-state index is 14.0. The van der Waals surface area contributed by atoms with Crippen molar-refractivity contribution in [1.29, 1.82) is 5.26 Å². The van der Waals surface area contributed by atoms with Gasteiger partial charge in [-0.25, -0.2) is 4.39 Å². The van der Waals surface area contributed by atoms with Crippen LogP contribution in [0.25, 0.3) is 10.8 Å². The standard InChI is InChI=1S/C32H36FN7O2/c1-3-30(41)40-17-16-39(19-24(40)11-13-34)31-27-12-15-38(29-8-4-6-22-18-23(33)9-10-26(22)29)20-28(27)35-32(36-31)42-21-25-7-5-14-37(25)2/h3-4,6,8-10,18,24-25H,1,5,7,11-12,14-17,19-21H2,2H3/t24?,25-/m0/s1. The molecule has 0 radical (unpaired) electrons. The van der Waals surface area contributed by atoms with Gasteiger partial charge in [-0.05, 0) is 68.6 Å². The van der Waals surface area contributed by atoms with Crippen molar-refractivity contribution in [1.82, 2.24) is 19.8 Å². The van der Waals surface area contributed by atoms with Gasteiger partial charge in [-0.1, -0.05) is 18.7 Å². The number of nitriles is 1. The first-order valence-corrected chi connectivity index (χ1v) is 14.7. The molecule has 4 heterocycles. The van der Waals surface area contributed by atoms with E-state index in [1.165, 1.54) is 12.1 Å². The molecule has 218 valence electrons. The van der Waals surface area contributed by atoms with Gasteiger partial charge in [0.1, 0.15) is 18.2 Å². The highest BCUT2D eigenvalue weighted by Crippen LogP contribution is 2.35. The van der Waals surface area contributed by atoms with Gasteiger partial charge in [-0.3, -0.25) is 4.79 Å². The van der Waals surface area contributed by atoms with Gasteiger partial charge in [0.25, 0.3) is 0 Å². The number of halogens is 1. The summed E-state index contributed by atoms with van der Waals surface area (Å²) in [4.78, 5) is 30.9. The van der Waals surface area contributed by atoms with E-state index in [0.29, 0.717) is 44.8 Å². The van der Waals surface area contributed by atoms with Gasteiger partial charge in [0.2, 0.25) is 5.91 Å². The molecule has 3 aliphatic heterocycles. The van der Waals surface area contributed by atoms with Crippen LogP contribution in [0.4, 0.5) is 15.9 Å². The smallest absolute Gasteiger partial charge is 0.318 e. The molecule has 2 aromatic carbocycles. The van der Waals surface area contributed by atoms with E-state index in [2.05, 4.69) is 40.5 Å². The minimum Gasteiger partial charge on any atom is -0.462 e. The predicted molar refractivity (Wildman–Crippen MR) is 160 cm³/mol. The Morgan fingerprint density at radius 2 is 2.05 bits per heavy atom. The number of aromatic nitrogens is 2. The number of benzene rings is 2. The summed E-state index contributed by atoms with van der Waals surface area (Å²) in [5.41, 5.74) is 3.02. The van der Waals surface area contributed by atoms with Crippen molar-refractivity contribution in [2.75, 3.05) is 56.2 Å². The van der Waals surface area contributed by atoms with Crippen molar-refractivity contribution in [2.45, 2.75) is 44.3 Å². The molecule has 3 aromatic rings. The molecule has 0 saturated carbocycles. The van der Waals surface area contributed by atoms with Gasteiger partial charge >= 0.3 is 6.01 Å². The molecule has 3 aliphatic rings. The number of ether oxygens (including phenoxy) is 1. The van der Waals surface area contributed by atoms with Crippen LogP contribution in [0.5, 0.6) is 6.01 Å². The van der Waals surface area contributed by atoms with E-state index in [1.807, 2.05) is 18.2 Å². The second-order valence-corrected chi connectivity index (χ2v) is 11.4. The van der Waals surface area contributed by atoms with Crippen molar-refractivity contribution < 1.29 is 13.9 Å². The molecule has 2 atom stereocenters. The molecule has 0 bridgehead atoms. The maximum Gasteiger partial charge on any atom is 0.318 e. The van der Waals surface area contributed by atoms with Gasteiger partial charge in [0, 0.05) is 48.9 Å². The monoisotopic (exact) mass is 569 g/mol. The molecule has 0 spiro atoms. The van der Waals surface area contributed by atoms with E-state index in [9.17, 15) is 14.4 Å². The zero-order valence-electron chi connectivity index (χ0n) is 24.0. The Morgan fingerprint density at radius 1 is 1.17 bits per heavy atom. The third-order valence-corrected chi connectivity index (χ3v) is 8.83. The first-order chi connectivity index (χ1) is 20.4. The largest absolute Gasteiger partial charge is 0.462 e. The lowest BCUT2D eigenvalue weighted by Gasteiger charge is -2.42. The number of nitrogens with zero attached hydrogens (tertiary/aromatic N) is 7. The Morgan fingerprint density at radius 3 is 2.83 bits per heavy atom. The van der Waals surface area contributed by atoms with Crippen molar-refractivity contribution >= 4 is 28.2 Å². The summed E-state index contributed by atoms with van der Waals surface area (Å²) >= 11 is 0. The predicted octanol–water partition coefficient (Wildman–Crippen LogP) is 3.92. The van der Waals surface area contributed by atoms with Crippen LogP contribution < -0.4 is 14.5 Å². The topological polar surface area (TPSA) is 88.8 Å². The number of rotatable bonds is 7.